The van der Waals surface area contributed by atoms with E-state index >= 15 is 0 Å². The highest BCUT2D eigenvalue weighted by Crippen LogP contribution is 2.63. The van der Waals surface area contributed by atoms with E-state index in [9.17, 15) is 9.59 Å². The van der Waals surface area contributed by atoms with Crippen LogP contribution in [0.1, 0.15) is 36.8 Å². The predicted octanol–water partition coefficient (Wildman–Crippen LogP) is 4.38. The molecule has 3 aromatic rings. The number of imide groups is 1. The van der Waals surface area contributed by atoms with E-state index in [2.05, 4.69) is 29.1 Å². The van der Waals surface area contributed by atoms with Gasteiger partial charge in [0.25, 0.3) is 0 Å². The van der Waals surface area contributed by atoms with E-state index in [1.807, 2.05) is 32.0 Å². The lowest BCUT2D eigenvalue weighted by Crippen LogP contribution is -2.49. The fourth-order valence-corrected chi connectivity index (χ4v) is 7.34. The maximum absolute atomic E-state index is 12.9. The average molecular weight is 525 g/mol. The molecule has 0 bridgehead atoms. The van der Waals surface area contributed by atoms with Crippen molar-refractivity contribution in [3.63, 3.8) is 0 Å². The van der Waals surface area contributed by atoms with Crippen LogP contribution >= 0.6 is 22.9 Å². The third-order valence-electron chi connectivity index (χ3n) is 8.04. The largest absolute Gasteiger partial charge is 0.372 e. The molecule has 4 heterocycles. The summed E-state index contributed by atoms with van der Waals surface area (Å²) in [6.45, 7) is 10.8. The summed E-state index contributed by atoms with van der Waals surface area (Å²) in [6, 6.07) is 5.91. The lowest BCUT2D eigenvalue weighted by atomic mass is 9.88. The maximum Gasteiger partial charge on any atom is 0.234 e. The van der Waals surface area contributed by atoms with E-state index in [4.69, 9.17) is 16.3 Å². The van der Waals surface area contributed by atoms with Crippen molar-refractivity contribution in [1.82, 2.24) is 20.2 Å². The highest BCUT2D eigenvalue weighted by Gasteiger charge is 2.72. The van der Waals surface area contributed by atoms with Crippen molar-refractivity contribution >= 4 is 45.0 Å². The number of halogens is 1. The molecule has 7 nitrogen and oxygen atoms in total. The van der Waals surface area contributed by atoms with E-state index < -0.39 is 0 Å². The first-order valence-electron chi connectivity index (χ1n) is 12.3. The third kappa shape index (κ3) is 3.77. The minimum atomic E-state index is -0.330. The van der Waals surface area contributed by atoms with Crippen LogP contribution in [0, 0.1) is 24.2 Å². The van der Waals surface area contributed by atoms with Crippen LogP contribution < -0.4 is 5.32 Å². The summed E-state index contributed by atoms with van der Waals surface area (Å²) in [6.07, 6.45) is 2.29. The van der Waals surface area contributed by atoms with Crippen molar-refractivity contribution in [1.29, 1.82) is 0 Å². The molecule has 3 atom stereocenters. The SMILES string of the molecule is Cc1cc(Cl)cc(-c2ncnc3cc(CN4C(=O)C5C(C4=O)C5(C)C)sc23)c1CC1(C)CNCCO1. The Morgan fingerprint density at radius 1 is 1.17 bits per heavy atom. The van der Waals surface area contributed by atoms with Gasteiger partial charge in [-0.2, -0.15) is 0 Å². The monoisotopic (exact) mass is 524 g/mol. The zero-order chi connectivity index (χ0) is 25.4. The quantitative estimate of drug-likeness (QED) is 0.499. The van der Waals surface area contributed by atoms with Crippen LogP contribution in [0.15, 0.2) is 24.5 Å². The Bertz CT molecular complexity index is 1390. The Kier molecular flexibility index (Phi) is 5.54. The van der Waals surface area contributed by atoms with Crippen LogP contribution in [-0.2, 0) is 27.3 Å². The Labute approximate surface area is 219 Å². The molecule has 188 valence electrons. The first kappa shape index (κ1) is 24.0. The van der Waals surface area contributed by atoms with Crippen molar-refractivity contribution in [3.8, 4) is 11.3 Å². The minimum absolute atomic E-state index is 0.0548. The van der Waals surface area contributed by atoms with Crippen LogP contribution in [0.4, 0.5) is 0 Å². The fraction of sp³-hybridized carbons (Fsp3) is 0.481. The molecule has 2 saturated heterocycles. The number of hydrogen-bond acceptors (Lipinski definition) is 7. The first-order valence-corrected chi connectivity index (χ1v) is 13.5. The summed E-state index contributed by atoms with van der Waals surface area (Å²) in [5.74, 6) is -0.462. The third-order valence-corrected chi connectivity index (χ3v) is 9.37. The Morgan fingerprint density at radius 3 is 2.61 bits per heavy atom. The number of amides is 2. The van der Waals surface area contributed by atoms with Crippen LogP contribution in [0.25, 0.3) is 21.5 Å². The van der Waals surface area contributed by atoms with Gasteiger partial charge in [-0.05, 0) is 48.6 Å². The predicted molar refractivity (Wildman–Crippen MR) is 140 cm³/mol. The number of nitrogens with one attached hydrogen (secondary N) is 1. The molecule has 36 heavy (non-hydrogen) atoms. The summed E-state index contributed by atoms with van der Waals surface area (Å²) in [5, 5.41) is 4.09. The molecular formula is C27H29ClN4O3S. The number of ether oxygens (including phenoxy) is 1. The van der Waals surface area contributed by atoms with Crippen LogP contribution in [0.5, 0.6) is 0 Å². The zero-order valence-electron chi connectivity index (χ0n) is 20.9. The summed E-state index contributed by atoms with van der Waals surface area (Å²) < 4.78 is 7.09. The average Bonchev–Trinajstić information content (AvgIpc) is 3.07. The molecule has 6 rings (SSSR count). The van der Waals surface area contributed by atoms with Gasteiger partial charge < -0.3 is 10.1 Å². The number of carbonyl (C=O) groups is 2. The molecule has 2 aromatic heterocycles. The van der Waals surface area contributed by atoms with Crippen LogP contribution in [0.3, 0.4) is 0 Å². The van der Waals surface area contributed by atoms with E-state index in [1.54, 1.807) is 6.33 Å². The molecule has 1 saturated carbocycles. The number of thiophene rings is 1. The minimum Gasteiger partial charge on any atom is -0.372 e. The normalized spacial score (nSPS) is 27.1. The van der Waals surface area contributed by atoms with Gasteiger partial charge in [0.1, 0.15) is 6.33 Å². The number of likely N-dealkylation sites (tertiary alicyclic amines) is 1. The van der Waals surface area contributed by atoms with Crippen molar-refractivity contribution in [2.75, 3.05) is 19.7 Å². The summed E-state index contributed by atoms with van der Waals surface area (Å²) >= 11 is 8.06. The molecular weight excluding hydrogens is 496 g/mol. The second-order valence-electron chi connectivity index (χ2n) is 11.1. The molecule has 2 amide bonds. The molecule has 1 aromatic carbocycles. The molecule has 2 aliphatic heterocycles. The number of nitrogens with zero attached hydrogens (tertiary/aromatic N) is 3. The Balaban J connectivity index is 1.37. The van der Waals surface area contributed by atoms with E-state index in [0.29, 0.717) is 11.6 Å². The topological polar surface area (TPSA) is 84.4 Å². The lowest BCUT2D eigenvalue weighted by Gasteiger charge is -2.35. The molecule has 3 aliphatic rings. The zero-order valence-corrected chi connectivity index (χ0v) is 22.4. The summed E-state index contributed by atoms with van der Waals surface area (Å²) in [4.78, 5) is 37.3. The van der Waals surface area contributed by atoms with Crippen molar-refractivity contribution < 1.29 is 14.3 Å². The highest BCUT2D eigenvalue weighted by atomic mass is 35.5. The van der Waals surface area contributed by atoms with E-state index in [1.165, 1.54) is 16.2 Å². The van der Waals surface area contributed by atoms with Crippen molar-refractivity contribution in [2.24, 2.45) is 17.3 Å². The van der Waals surface area contributed by atoms with Gasteiger partial charge in [0.2, 0.25) is 11.8 Å². The fourth-order valence-electron chi connectivity index (χ4n) is 5.97. The number of fused-ring (bicyclic) bond motifs is 2. The number of carbonyl (C=O) groups excluding carboxylic acids is 2. The summed E-state index contributed by atoms with van der Waals surface area (Å²) in [5.41, 5.74) is 4.27. The van der Waals surface area contributed by atoms with Crippen LogP contribution in [-0.4, -0.2) is 52.0 Å². The first-order chi connectivity index (χ1) is 17.1. The highest BCUT2D eigenvalue weighted by molar-refractivity contribution is 7.19. The maximum atomic E-state index is 12.9. The Morgan fingerprint density at radius 2 is 1.92 bits per heavy atom. The molecule has 0 spiro atoms. The van der Waals surface area contributed by atoms with Gasteiger partial charge in [-0.15, -0.1) is 11.3 Å². The van der Waals surface area contributed by atoms with Crippen molar-refractivity contribution in [2.45, 2.75) is 46.3 Å². The van der Waals surface area contributed by atoms with Gasteiger partial charge in [-0.25, -0.2) is 9.97 Å². The number of rotatable bonds is 5. The standard InChI is InChI=1S/C27H29ClN4O3S/c1-14-7-15(28)8-17(18(14)10-27(4)12-29-5-6-35-27)22-23-19(30-13-31-22)9-16(36-23)11-32-24(33)20-21(25(32)34)26(20,2)3/h7-9,13,20-21,29H,5-6,10-12H2,1-4H3. The summed E-state index contributed by atoms with van der Waals surface area (Å²) in [7, 11) is 0. The van der Waals surface area contributed by atoms with E-state index in [-0.39, 0.29) is 41.2 Å². The number of aryl methyl sites for hydroxylation is 1. The molecule has 1 N–H and O–H groups in total. The molecule has 3 unspecified atom stereocenters. The van der Waals surface area contributed by atoms with Gasteiger partial charge in [0, 0.05) is 35.0 Å². The van der Waals surface area contributed by atoms with Crippen LogP contribution in [0.2, 0.25) is 5.02 Å². The number of benzene rings is 1. The van der Waals surface area contributed by atoms with E-state index in [0.717, 1.165) is 57.0 Å². The number of aromatic nitrogens is 2. The van der Waals surface area contributed by atoms with Gasteiger partial charge in [0.05, 0.1) is 46.5 Å². The van der Waals surface area contributed by atoms with Crippen molar-refractivity contribution in [3.05, 3.63) is 45.6 Å². The van der Waals surface area contributed by atoms with Gasteiger partial charge in [-0.3, -0.25) is 14.5 Å². The smallest absolute Gasteiger partial charge is 0.234 e. The number of hydrogen-bond donors (Lipinski definition) is 1. The second kappa shape index (κ2) is 8.31. The van der Waals surface area contributed by atoms with Gasteiger partial charge in [0.15, 0.2) is 0 Å². The van der Waals surface area contributed by atoms with Gasteiger partial charge in [-0.1, -0.05) is 25.4 Å². The number of piperidine rings is 1. The Hall–Kier alpha value is -2.39. The molecule has 0 radical (unpaired) electrons. The lowest BCUT2D eigenvalue weighted by molar-refractivity contribution is -0.143. The van der Waals surface area contributed by atoms with Gasteiger partial charge >= 0.3 is 0 Å². The molecule has 3 fully saturated rings. The molecule has 1 aliphatic carbocycles. The molecule has 9 heteroatoms. The number of morpholine rings is 1. The second-order valence-corrected chi connectivity index (χ2v) is 12.7.